The normalized spacial score (nSPS) is 18.8. The van der Waals surface area contributed by atoms with Crippen LogP contribution in [0.4, 0.5) is 0 Å². The molecule has 1 fully saturated rings. The quantitative estimate of drug-likeness (QED) is 0.844. The van der Waals surface area contributed by atoms with Crippen LogP contribution in [-0.2, 0) is 0 Å². The second-order valence-electron chi connectivity index (χ2n) is 5.61. The first kappa shape index (κ1) is 14.3. The zero-order valence-corrected chi connectivity index (χ0v) is 11.9. The number of hydrogen-bond donors (Lipinski definition) is 1. The topological polar surface area (TPSA) is 33.1 Å². The molecule has 1 aromatic rings. The van der Waals surface area contributed by atoms with Gasteiger partial charge in [-0.3, -0.25) is 4.98 Å². The van der Waals surface area contributed by atoms with E-state index in [1.54, 1.807) is 6.20 Å². The molecule has 2 heteroatoms. The summed E-state index contributed by atoms with van der Waals surface area (Å²) < 4.78 is 0. The molecular weight excluding hydrogens is 234 g/mol. The SMILES string of the molecule is CCCC(O)c1cncc(/C=C/C2CCCCC2)c1. The Balaban J connectivity index is 1.99. The Morgan fingerprint density at radius 1 is 1.32 bits per heavy atom. The van der Waals surface area contributed by atoms with Crippen LogP contribution in [0, 0.1) is 5.92 Å². The molecule has 1 saturated carbocycles. The molecule has 1 unspecified atom stereocenters. The van der Waals surface area contributed by atoms with Crippen molar-refractivity contribution in [1.29, 1.82) is 0 Å². The van der Waals surface area contributed by atoms with Crippen LogP contribution in [0.1, 0.15) is 69.1 Å². The number of rotatable bonds is 5. The molecule has 2 rings (SSSR count). The average Bonchev–Trinajstić information content (AvgIpc) is 2.47. The first-order chi connectivity index (χ1) is 9.29. The van der Waals surface area contributed by atoms with Gasteiger partial charge in [0, 0.05) is 12.4 Å². The van der Waals surface area contributed by atoms with Crippen molar-refractivity contribution in [3.63, 3.8) is 0 Å². The fourth-order valence-electron chi connectivity index (χ4n) is 2.76. The molecule has 0 radical (unpaired) electrons. The van der Waals surface area contributed by atoms with Gasteiger partial charge in [0.1, 0.15) is 0 Å². The van der Waals surface area contributed by atoms with Crippen molar-refractivity contribution in [3.8, 4) is 0 Å². The molecule has 0 amide bonds. The Labute approximate surface area is 116 Å². The number of pyridine rings is 1. The van der Waals surface area contributed by atoms with Gasteiger partial charge in [0.05, 0.1) is 6.10 Å². The molecular formula is C17H25NO. The maximum atomic E-state index is 10.00. The molecule has 0 bridgehead atoms. The van der Waals surface area contributed by atoms with Gasteiger partial charge in [-0.2, -0.15) is 0 Å². The number of aliphatic hydroxyl groups excluding tert-OH is 1. The van der Waals surface area contributed by atoms with E-state index in [1.165, 1.54) is 32.1 Å². The summed E-state index contributed by atoms with van der Waals surface area (Å²) in [5.74, 6) is 0.734. The number of aliphatic hydroxyl groups is 1. The van der Waals surface area contributed by atoms with Gasteiger partial charge in [0.25, 0.3) is 0 Å². The Kier molecular flexibility index (Phi) is 5.59. The monoisotopic (exact) mass is 259 g/mol. The van der Waals surface area contributed by atoms with Crippen LogP contribution in [0.2, 0.25) is 0 Å². The number of allylic oxidation sites excluding steroid dienone is 1. The van der Waals surface area contributed by atoms with E-state index in [9.17, 15) is 5.11 Å². The van der Waals surface area contributed by atoms with Gasteiger partial charge in [-0.05, 0) is 42.4 Å². The molecule has 104 valence electrons. The van der Waals surface area contributed by atoms with Crippen molar-refractivity contribution in [3.05, 3.63) is 35.7 Å². The van der Waals surface area contributed by atoms with Crippen LogP contribution in [0.25, 0.3) is 6.08 Å². The second kappa shape index (κ2) is 7.44. The van der Waals surface area contributed by atoms with E-state index in [0.29, 0.717) is 0 Å². The van der Waals surface area contributed by atoms with E-state index in [-0.39, 0.29) is 6.10 Å². The molecule has 0 aromatic carbocycles. The van der Waals surface area contributed by atoms with Gasteiger partial charge in [-0.1, -0.05) is 44.8 Å². The van der Waals surface area contributed by atoms with Crippen molar-refractivity contribution < 1.29 is 5.11 Å². The standard InChI is InChI=1S/C17H25NO/c1-2-6-17(19)16-11-15(12-18-13-16)10-9-14-7-4-3-5-8-14/h9-14,17,19H,2-8H2,1H3/b10-9+. The third-order valence-corrected chi connectivity index (χ3v) is 3.94. The zero-order valence-electron chi connectivity index (χ0n) is 11.9. The largest absolute Gasteiger partial charge is 0.388 e. The van der Waals surface area contributed by atoms with Crippen LogP contribution < -0.4 is 0 Å². The molecule has 1 aliphatic rings. The highest BCUT2D eigenvalue weighted by molar-refractivity contribution is 5.49. The minimum Gasteiger partial charge on any atom is -0.388 e. The first-order valence-electron chi connectivity index (χ1n) is 7.61. The summed E-state index contributed by atoms with van der Waals surface area (Å²) in [6.07, 6.45) is 16.3. The van der Waals surface area contributed by atoms with Gasteiger partial charge >= 0.3 is 0 Å². The van der Waals surface area contributed by atoms with Crippen molar-refractivity contribution in [2.75, 3.05) is 0 Å². The minimum atomic E-state index is -0.375. The Morgan fingerprint density at radius 3 is 2.84 bits per heavy atom. The summed E-state index contributed by atoms with van der Waals surface area (Å²) in [6.45, 7) is 2.09. The predicted molar refractivity (Wildman–Crippen MR) is 79.7 cm³/mol. The van der Waals surface area contributed by atoms with E-state index >= 15 is 0 Å². The molecule has 1 atom stereocenters. The average molecular weight is 259 g/mol. The fraction of sp³-hybridized carbons (Fsp3) is 0.588. The highest BCUT2D eigenvalue weighted by atomic mass is 16.3. The molecule has 0 saturated heterocycles. The maximum Gasteiger partial charge on any atom is 0.0805 e. The van der Waals surface area contributed by atoms with E-state index in [0.717, 1.165) is 29.9 Å². The number of nitrogens with zero attached hydrogens (tertiary/aromatic N) is 1. The number of aromatic nitrogens is 1. The molecule has 0 aliphatic heterocycles. The highest BCUT2D eigenvalue weighted by Gasteiger charge is 2.10. The van der Waals surface area contributed by atoms with Gasteiger partial charge in [0.2, 0.25) is 0 Å². The zero-order chi connectivity index (χ0) is 13.5. The molecule has 1 aliphatic carbocycles. The Morgan fingerprint density at radius 2 is 2.11 bits per heavy atom. The van der Waals surface area contributed by atoms with Gasteiger partial charge in [-0.25, -0.2) is 0 Å². The van der Waals surface area contributed by atoms with Crippen molar-refractivity contribution in [1.82, 2.24) is 4.98 Å². The van der Waals surface area contributed by atoms with Crippen LogP contribution in [0.15, 0.2) is 24.5 Å². The summed E-state index contributed by atoms with van der Waals surface area (Å²) in [6, 6.07) is 2.06. The molecule has 1 aromatic heterocycles. The maximum absolute atomic E-state index is 10.00. The summed E-state index contributed by atoms with van der Waals surface area (Å²) >= 11 is 0. The summed E-state index contributed by atoms with van der Waals surface area (Å²) in [4.78, 5) is 4.24. The smallest absolute Gasteiger partial charge is 0.0805 e. The van der Waals surface area contributed by atoms with Crippen molar-refractivity contribution in [2.24, 2.45) is 5.92 Å². The highest BCUT2D eigenvalue weighted by Crippen LogP contribution is 2.25. The summed E-state index contributed by atoms with van der Waals surface area (Å²) in [7, 11) is 0. The number of hydrogen-bond acceptors (Lipinski definition) is 2. The minimum absolute atomic E-state index is 0.375. The van der Waals surface area contributed by atoms with Crippen LogP contribution >= 0.6 is 0 Å². The fourth-order valence-corrected chi connectivity index (χ4v) is 2.76. The summed E-state index contributed by atoms with van der Waals surface area (Å²) in [5.41, 5.74) is 2.05. The Hall–Kier alpha value is -1.15. The van der Waals surface area contributed by atoms with E-state index < -0.39 is 0 Å². The molecule has 19 heavy (non-hydrogen) atoms. The van der Waals surface area contributed by atoms with Crippen molar-refractivity contribution >= 4 is 6.08 Å². The summed E-state index contributed by atoms with van der Waals surface area (Å²) in [5, 5.41) is 10.00. The van der Waals surface area contributed by atoms with E-state index in [2.05, 4.69) is 30.1 Å². The predicted octanol–water partition coefficient (Wildman–Crippen LogP) is 4.51. The van der Waals surface area contributed by atoms with Gasteiger partial charge in [-0.15, -0.1) is 0 Å². The molecule has 1 N–H and O–H groups in total. The second-order valence-corrected chi connectivity index (χ2v) is 5.61. The van der Waals surface area contributed by atoms with Crippen LogP contribution in [0.5, 0.6) is 0 Å². The molecule has 0 spiro atoms. The third-order valence-electron chi connectivity index (χ3n) is 3.94. The van der Waals surface area contributed by atoms with E-state index in [4.69, 9.17) is 0 Å². The molecule has 1 heterocycles. The van der Waals surface area contributed by atoms with Gasteiger partial charge in [0.15, 0.2) is 0 Å². The lowest BCUT2D eigenvalue weighted by atomic mass is 9.89. The lowest BCUT2D eigenvalue weighted by molar-refractivity contribution is 0.166. The van der Waals surface area contributed by atoms with Gasteiger partial charge < -0.3 is 5.11 Å². The lowest BCUT2D eigenvalue weighted by Gasteiger charge is -2.17. The van der Waals surface area contributed by atoms with Crippen molar-refractivity contribution in [2.45, 2.75) is 58.0 Å². The van der Waals surface area contributed by atoms with Crippen LogP contribution in [-0.4, -0.2) is 10.1 Å². The van der Waals surface area contributed by atoms with Crippen LogP contribution in [0.3, 0.4) is 0 Å². The first-order valence-corrected chi connectivity index (χ1v) is 7.61. The third kappa shape index (κ3) is 4.46. The Bertz CT molecular complexity index is 407. The lowest BCUT2D eigenvalue weighted by Crippen LogP contribution is -2.02. The van der Waals surface area contributed by atoms with E-state index in [1.807, 2.05) is 6.20 Å². The molecule has 2 nitrogen and oxygen atoms in total.